The topological polar surface area (TPSA) is 23.8 Å². The highest BCUT2D eigenvalue weighted by Gasteiger charge is 2.22. The van der Waals surface area contributed by atoms with Crippen LogP contribution in [-0.2, 0) is 6.42 Å². The number of rotatable bonds is 9. The van der Waals surface area contributed by atoms with Gasteiger partial charge in [0.05, 0.1) is 5.56 Å². The second kappa shape index (κ2) is 12.3. The number of benzene rings is 3. The molecule has 0 aromatic heterocycles. The lowest BCUT2D eigenvalue weighted by Gasteiger charge is -2.27. The molecule has 1 saturated heterocycles. The average molecular weight is 488 g/mol. The molecule has 1 aliphatic heterocycles. The molecule has 1 aliphatic rings. The zero-order valence-electron chi connectivity index (χ0n) is 20.7. The largest absolute Gasteiger partial charge is 0.207 e. The predicted octanol–water partition coefficient (Wildman–Crippen LogP) is 8.93. The number of hydrogen-bond acceptors (Lipinski definition) is 1. The molecule has 0 amide bonds. The van der Waals surface area contributed by atoms with E-state index < -0.39 is 14.6 Å². The maximum Gasteiger partial charge on any atom is 0.141 e. The fourth-order valence-electron chi connectivity index (χ4n) is 5.42. The highest BCUT2D eigenvalue weighted by atomic mass is 28.3. The molecular formula is C31H35F2NSi. The van der Waals surface area contributed by atoms with Crippen molar-refractivity contribution in [3.05, 3.63) is 83.4 Å². The minimum absolute atomic E-state index is 0.0397. The van der Waals surface area contributed by atoms with Crippen LogP contribution in [0.2, 0.25) is 18.1 Å². The summed E-state index contributed by atoms with van der Waals surface area (Å²) < 4.78 is 28.9. The Labute approximate surface area is 210 Å². The first-order chi connectivity index (χ1) is 17.1. The SMILES string of the molecule is CCCCC[SiH]1CCC(CCc2ccc(-c3ccc(-c4ccc(C#N)c(F)c4)cc3)cc2F)CC1. The van der Waals surface area contributed by atoms with Crippen molar-refractivity contribution in [1.29, 1.82) is 5.26 Å². The third-order valence-electron chi connectivity index (χ3n) is 7.70. The third-order valence-corrected chi connectivity index (χ3v) is 11.2. The van der Waals surface area contributed by atoms with E-state index >= 15 is 0 Å². The van der Waals surface area contributed by atoms with Gasteiger partial charge < -0.3 is 0 Å². The Kier molecular flexibility index (Phi) is 8.88. The molecule has 182 valence electrons. The molecule has 0 aliphatic carbocycles. The number of hydrogen-bond donors (Lipinski definition) is 0. The predicted molar refractivity (Wildman–Crippen MR) is 144 cm³/mol. The van der Waals surface area contributed by atoms with Gasteiger partial charge in [-0.3, -0.25) is 0 Å². The molecule has 35 heavy (non-hydrogen) atoms. The highest BCUT2D eigenvalue weighted by Crippen LogP contribution is 2.32. The van der Waals surface area contributed by atoms with Gasteiger partial charge in [-0.05, 0) is 64.8 Å². The smallest absolute Gasteiger partial charge is 0.141 e. The lowest BCUT2D eigenvalue weighted by atomic mass is 9.93. The number of aryl methyl sites for hydroxylation is 1. The zero-order valence-corrected chi connectivity index (χ0v) is 21.9. The second-order valence-electron chi connectivity index (χ2n) is 10.1. The highest BCUT2D eigenvalue weighted by molar-refractivity contribution is 6.58. The lowest BCUT2D eigenvalue weighted by Crippen LogP contribution is -2.21. The summed E-state index contributed by atoms with van der Waals surface area (Å²) in [5.74, 6) is 0.126. The van der Waals surface area contributed by atoms with Crippen molar-refractivity contribution >= 4 is 8.80 Å². The molecule has 0 bridgehead atoms. The monoisotopic (exact) mass is 487 g/mol. The van der Waals surface area contributed by atoms with E-state index in [1.54, 1.807) is 12.1 Å². The van der Waals surface area contributed by atoms with Crippen LogP contribution in [0.3, 0.4) is 0 Å². The van der Waals surface area contributed by atoms with Crippen LogP contribution in [0, 0.1) is 28.9 Å². The van der Waals surface area contributed by atoms with Crippen LogP contribution in [-0.4, -0.2) is 8.80 Å². The van der Waals surface area contributed by atoms with Crippen LogP contribution in [0.4, 0.5) is 8.78 Å². The Balaban J connectivity index is 1.33. The summed E-state index contributed by atoms with van der Waals surface area (Å²) in [5.41, 5.74) is 4.21. The summed E-state index contributed by atoms with van der Waals surface area (Å²) >= 11 is 0. The van der Waals surface area contributed by atoms with Crippen LogP contribution in [0.1, 0.15) is 56.6 Å². The van der Waals surface area contributed by atoms with E-state index in [0.29, 0.717) is 5.56 Å². The van der Waals surface area contributed by atoms with Gasteiger partial charge in [-0.15, -0.1) is 0 Å². The summed E-state index contributed by atoms with van der Waals surface area (Å²) in [6, 6.07) is 24.2. The first kappa shape index (κ1) is 25.3. The Morgan fingerprint density at radius 2 is 1.43 bits per heavy atom. The molecule has 1 nitrogen and oxygen atoms in total. The Morgan fingerprint density at radius 1 is 0.829 bits per heavy atom. The number of halogens is 2. The van der Waals surface area contributed by atoms with Crippen molar-refractivity contribution < 1.29 is 8.78 Å². The van der Waals surface area contributed by atoms with Gasteiger partial charge in [0.15, 0.2) is 0 Å². The molecular weight excluding hydrogens is 452 g/mol. The zero-order chi connectivity index (χ0) is 24.6. The Hall–Kier alpha value is -2.77. The van der Waals surface area contributed by atoms with Crippen LogP contribution >= 0.6 is 0 Å². The van der Waals surface area contributed by atoms with Gasteiger partial charge in [0.2, 0.25) is 0 Å². The lowest BCUT2D eigenvalue weighted by molar-refractivity contribution is 0.433. The molecule has 1 heterocycles. The average Bonchev–Trinajstić information content (AvgIpc) is 2.89. The van der Waals surface area contributed by atoms with Gasteiger partial charge in [-0.1, -0.05) is 99.6 Å². The van der Waals surface area contributed by atoms with Crippen LogP contribution in [0.15, 0.2) is 60.7 Å². The van der Waals surface area contributed by atoms with Crippen molar-refractivity contribution in [3.63, 3.8) is 0 Å². The Bertz CT molecular complexity index is 1160. The maximum absolute atomic E-state index is 14.9. The molecule has 0 spiro atoms. The quantitative estimate of drug-likeness (QED) is 0.218. The molecule has 0 N–H and O–H groups in total. The molecule has 3 aromatic rings. The van der Waals surface area contributed by atoms with E-state index in [-0.39, 0.29) is 11.4 Å². The molecule has 1 fully saturated rings. The normalized spacial score (nSPS) is 17.8. The van der Waals surface area contributed by atoms with E-state index in [0.717, 1.165) is 41.0 Å². The van der Waals surface area contributed by atoms with Gasteiger partial charge in [0.25, 0.3) is 0 Å². The fraction of sp³-hybridized carbons (Fsp3) is 0.387. The van der Waals surface area contributed by atoms with Crippen molar-refractivity contribution in [2.75, 3.05) is 0 Å². The van der Waals surface area contributed by atoms with Crippen LogP contribution < -0.4 is 0 Å². The van der Waals surface area contributed by atoms with E-state index in [4.69, 9.17) is 5.26 Å². The van der Waals surface area contributed by atoms with Gasteiger partial charge in [-0.2, -0.15) is 5.26 Å². The van der Waals surface area contributed by atoms with Crippen molar-refractivity contribution in [1.82, 2.24) is 0 Å². The summed E-state index contributed by atoms with van der Waals surface area (Å²) in [7, 11) is -0.483. The fourth-order valence-corrected chi connectivity index (χ4v) is 9.04. The van der Waals surface area contributed by atoms with Crippen LogP contribution in [0.5, 0.6) is 0 Å². The maximum atomic E-state index is 14.9. The second-order valence-corrected chi connectivity index (χ2v) is 13.6. The number of unbranched alkanes of at least 4 members (excludes halogenated alkanes) is 2. The summed E-state index contributed by atoms with van der Waals surface area (Å²) in [5, 5.41) is 8.91. The Morgan fingerprint density at radius 3 is 2.00 bits per heavy atom. The van der Waals surface area contributed by atoms with Gasteiger partial charge >= 0.3 is 0 Å². The third kappa shape index (κ3) is 6.67. The number of nitriles is 1. The van der Waals surface area contributed by atoms with Gasteiger partial charge in [0.1, 0.15) is 17.7 Å². The first-order valence-corrected chi connectivity index (χ1v) is 15.6. The molecule has 0 atom stereocenters. The van der Waals surface area contributed by atoms with Gasteiger partial charge in [-0.25, -0.2) is 8.78 Å². The standard InChI is InChI=1S/C31H35F2NSi/c1-2-3-4-17-35-18-15-23(16-19-35)5-6-26-11-12-27(20-30(26)32)24-7-9-25(10-8-24)28-13-14-29(22-34)31(33)21-28/h7-14,20-21,23,35H,2-6,15-19H2,1H3. The van der Waals surface area contributed by atoms with Crippen molar-refractivity contribution in [2.45, 2.75) is 70.0 Å². The molecule has 4 heteroatoms. The van der Waals surface area contributed by atoms with E-state index in [2.05, 4.69) is 6.92 Å². The van der Waals surface area contributed by atoms with E-state index in [9.17, 15) is 8.78 Å². The van der Waals surface area contributed by atoms with Crippen molar-refractivity contribution in [2.24, 2.45) is 5.92 Å². The number of nitrogens with zero attached hydrogens (tertiary/aromatic N) is 1. The first-order valence-electron chi connectivity index (χ1n) is 13.2. The minimum atomic E-state index is -0.520. The molecule has 3 aromatic carbocycles. The van der Waals surface area contributed by atoms with Gasteiger partial charge in [0, 0.05) is 8.80 Å². The summed E-state index contributed by atoms with van der Waals surface area (Å²) in [4.78, 5) is 0. The minimum Gasteiger partial charge on any atom is -0.207 e. The van der Waals surface area contributed by atoms with E-state index in [1.165, 1.54) is 62.4 Å². The molecule has 0 saturated carbocycles. The summed E-state index contributed by atoms with van der Waals surface area (Å²) in [6.07, 6.45) is 8.79. The molecule has 4 rings (SSSR count). The van der Waals surface area contributed by atoms with E-state index in [1.807, 2.05) is 42.5 Å². The molecule has 0 unspecified atom stereocenters. The summed E-state index contributed by atoms with van der Waals surface area (Å²) in [6.45, 7) is 2.28. The molecule has 0 radical (unpaired) electrons. The van der Waals surface area contributed by atoms with Crippen molar-refractivity contribution in [3.8, 4) is 28.3 Å². The van der Waals surface area contributed by atoms with Crippen LogP contribution in [0.25, 0.3) is 22.3 Å².